The van der Waals surface area contributed by atoms with Crippen molar-refractivity contribution in [3.05, 3.63) is 41.2 Å². The fourth-order valence-electron chi connectivity index (χ4n) is 2.16. The second-order valence-electron chi connectivity index (χ2n) is 4.38. The molecule has 3 N–H and O–H groups in total. The van der Waals surface area contributed by atoms with Crippen LogP contribution in [-0.2, 0) is 0 Å². The van der Waals surface area contributed by atoms with Crippen molar-refractivity contribution in [2.24, 2.45) is 0 Å². The van der Waals surface area contributed by atoms with Gasteiger partial charge in [-0.25, -0.2) is 9.78 Å². The highest BCUT2D eigenvalue weighted by atomic mass is 32.1. The van der Waals surface area contributed by atoms with Gasteiger partial charge in [0.15, 0.2) is 0 Å². The molecule has 0 saturated heterocycles. The molecule has 0 amide bonds. The first-order valence-electron chi connectivity index (χ1n) is 5.91. The first-order chi connectivity index (χ1) is 9.58. The summed E-state index contributed by atoms with van der Waals surface area (Å²) in [5.74, 6) is -1.02. The number of nitrogen functional groups attached to an aromatic ring is 1. The van der Waals surface area contributed by atoms with Gasteiger partial charge >= 0.3 is 5.97 Å². The SMILES string of the molecule is Cc1cc(-c2ccncc2)c2c(N)c(C(=O)O)sc2n1. The number of anilines is 1. The number of aryl methyl sites for hydroxylation is 1. The Hall–Kier alpha value is -2.47. The third-order valence-corrected chi connectivity index (χ3v) is 4.10. The zero-order valence-electron chi connectivity index (χ0n) is 10.6. The number of rotatable bonds is 2. The van der Waals surface area contributed by atoms with Crippen LogP contribution in [0.25, 0.3) is 21.3 Å². The van der Waals surface area contributed by atoms with Gasteiger partial charge in [-0.3, -0.25) is 4.98 Å². The van der Waals surface area contributed by atoms with Gasteiger partial charge < -0.3 is 10.8 Å². The molecule has 0 unspecified atom stereocenters. The number of aromatic carboxylic acids is 1. The van der Waals surface area contributed by atoms with E-state index in [-0.39, 0.29) is 10.6 Å². The monoisotopic (exact) mass is 285 g/mol. The van der Waals surface area contributed by atoms with Crippen molar-refractivity contribution in [1.29, 1.82) is 0 Å². The summed E-state index contributed by atoms with van der Waals surface area (Å²) in [6.07, 6.45) is 3.38. The van der Waals surface area contributed by atoms with Crippen molar-refractivity contribution >= 4 is 33.2 Å². The molecule has 0 aliphatic carbocycles. The molecule has 0 aliphatic heterocycles. The number of nitrogens with zero attached hydrogens (tertiary/aromatic N) is 2. The Bertz CT molecular complexity index is 812. The van der Waals surface area contributed by atoms with Gasteiger partial charge in [0, 0.05) is 23.5 Å². The Morgan fingerprint density at radius 2 is 2.05 bits per heavy atom. The second kappa shape index (κ2) is 4.57. The Morgan fingerprint density at radius 3 is 2.70 bits per heavy atom. The highest BCUT2D eigenvalue weighted by Crippen LogP contribution is 2.39. The quantitative estimate of drug-likeness (QED) is 0.755. The van der Waals surface area contributed by atoms with Crippen molar-refractivity contribution in [3.63, 3.8) is 0 Å². The zero-order chi connectivity index (χ0) is 14.3. The summed E-state index contributed by atoms with van der Waals surface area (Å²) in [4.78, 5) is 20.4. The number of carboxylic acid groups (broad SMARTS) is 1. The van der Waals surface area contributed by atoms with Crippen LogP contribution >= 0.6 is 11.3 Å². The maximum atomic E-state index is 11.2. The molecule has 3 aromatic rings. The van der Waals surface area contributed by atoms with Crippen molar-refractivity contribution < 1.29 is 9.90 Å². The third-order valence-electron chi connectivity index (χ3n) is 3.01. The lowest BCUT2D eigenvalue weighted by Gasteiger charge is -2.05. The summed E-state index contributed by atoms with van der Waals surface area (Å²) in [5.41, 5.74) is 8.93. The molecule has 0 saturated carbocycles. The van der Waals surface area contributed by atoms with Crippen LogP contribution in [0.15, 0.2) is 30.6 Å². The van der Waals surface area contributed by atoms with E-state index in [2.05, 4.69) is 9.97 Å². The minimum absolute atomic E-state index is 0.133. The Balaban J connectivity index is 2.40. The summed E-state index contributed by atoms with van der Waals surface area (Å²) in [7, 11) is 0. The number of carboxylic acids is 1. The van der Waals surface area contributed by atoms with Crippen LogP contribution < -0.4 is 5.73 Å². The van der Waals surface area contributed by atoms with Crippen molar-refractivity contribution in [2.45, 2.75) is 6.92 Å². The lowest BCUT2D eigenvalue weighted by Crippen LogP contribution is -1.97. The van der Waals surface area contributed by atoms with Crippen LogP contribution in [0, 0.1) is 6.92 Å². The van der Waals surface area contributed by atoms with Gasteiger partial charge in [-0.1, -0.05) is 0 Å². The molecular weight excluding hydrogens is 274 g/mol. The molecule has 20 heavy (non-hydrogen) atoms. The van der Waals surface area contributed by atoms with Gasteiger partial charge in [0.1, 0.15) is 9.71 Å². The van der Waals surface area contributed by atoms with E-state index in [1.807, 2.05) is 25.1 Å². The summed E-state index contributed by atoms with van der Waals surface area (Å²) >= 11 is 1.10. The predicted molar refractivity (Wildman–Crippen MR) is 79.0 cm³/mol. The largest absolute Gasteiger partial charge is 0.477 e. The number of fused-ring (bicyclic) bond motifs is 1. The van der Waals surface area contributed by atoms with Crippen molar-refractivity contribution in [1.82, 2.24) is 9.97 Å². The van der Waals surface area contributed by atoms with Crippen LogP contribution in [-0.4, -0.2) is 21.0 Å². The van der Waals surface area contributed by atoms with Crippen LogP contribution in [0.4, 0.5) is 5.69 Å². The number of nitrogens with two attached hydrogens (primary N) is 1. The molecule has 0 fully saturated rings. The number of hydrogen-bond acceptors (Lipinski definition) is 5. The highest BCUT2D eigenvalue weighted by molar-refractivity contribution is 7.21. The average Bonchev–Trinajstić information content (AvgIpc) is 2.76. The maximum absolute atomic E-state index is 11.2. The molecule has 3 rings (SSSR count). The van der Waals surface area contributed by atoms with Gasteiger partial charge in [0.2, 0.25) is 0 Å². The van der Waals surface area contributed by atoms with E-state index in [0.717, 1.165) is 28.2 Å². The molecular formula is C14H11N3O2S. The number of aromatic nitrogens is 2. The Morgan fingerprint density at radius 1 is 1.35 bits per heavy atom. The van der Waals surface area contributed by atoms with Gasteiger partial charge in [-0.2, -0.15) is 0 Å². The van der Waals surface area contributed by atoms with E-state index in [1.165, 1.54) is 0 Å². The molecule has 100 valence electrons. The van der Waals surface area contributed by atoms with Gasteiger partial charge in [0.05, 0.1) is 5.69 Å². The van der Waals surface area contributed by atoms with E-state index in [1.54, 1.807) is 12.4 Å². The topological polar surface area (TPSA) is 89.1 Å². The van der Waals surface area contributed by atoms with Crippen molar-refractivity contribution in [2.75, 3.05) is 5.73 Å². The summed E-state index contributed by atoms with van der Waals surface area (Å²) in [6, 6.07) is 5.64. The zero-order valence-corrected chi connectivity index (χ0v) is 11.4. The predicted octanol–water partition coefficient (Wildman–Crippen LogP) is 2.95. The number of carbonyl (C=O) groups is 1. The summed E-state index contributed by atoms with van der Waals surface area (Å²) < 4.78 is 0. The minimum Gasteiger partial charge on any atom is -0.477 e. The molecule has 0 aliphatic rings. The average molecular weight is 285 g/mol. The number of pyridine rings is 2. The minimum atomic E-state index is -1.02. The molecule has 5 nitrogen and oxygen atoms in total. The maximum Gasteiger partial charge on any atom is 0.348 e. The van der Waals surface area contributed by atoms with Gasteiger partial charge in [0.25, 0.3) is 0 Å². The fourth-order valence-corrected chi connectivity index (χ4v) is 3.17. The highest BCUT2D eigenvalue weighted by Gasteiger charge is 2.19. The first-order valence-corrected chi connectivity index (χ1v) is 6.73. The molecule has 6 heteroatoms. The van der Waals surface area contributed by atoms with E-state index >= 15 is 0 Å². The van der Waals surface area contributed by atoms with Crippen molar-refractivity contribution in [3.8, 4) is 11.1 Å². The van der Waals surface area contributed by atoms with Gasteiger partial charge in [-0.15, -0.1) is 11.3 Å². The lowest BCUT2D eigenvalue weighted by atomic mass is 10.0. The second-order valence-corrected chi connectivity index (χ2v) is 5.38. The van der Waals surface area contributed by atoms with E-state index < -0.39 is 5.97 Å². The molecule has 3 heterocycles. The number of hydrogen-bond donors (Lipinski definition) is 2. The van der Waals surface area contributed by atoms with Crippen LogP contribution in [0.5, 0.6) is 0 Å². The normalized spacial score (nSPS) is 10.8. The molecule has 0 spiro atoms. The molecule has 0 bridgehead atoms. The Labute approximate surface area is 118 Å². The molecule has 0 atom stereocenters. The van der Waals surface area contributed by atoms with E-state index in [4.69, 9.17) is 5.73 Å². The number of thiophene rings is 1. The first kappa shape index (κ1) is 12.6. The van der Waals surface area contributed by atoms with E-state index in [9.17, 15) is 9.90 Å². The molecule has 3 aromatic heterocycles. The summed E-state index contributed by atoms with van der Waals surface area (Å²) in [5, 5.41) is 9.89. The van der Waals surface area contributed by atoms with Crippen LogP contribution in [0.2, 0.25) is 0 Å². The smallest absolute Gasteiger partial charge is 0.348 e. The molecule has 0 radical (unpaired) electrons. The lowest BCUT2D eigenvalue weighted by molar-refractivity contribution is 0.0703. The molecule has 0 aromatic carbocycles. The fraction of sp³-hybridized carbons (Fsp3) is 0.0714. The van der Waals surface area contributed by atoms with Crippen LogP contribution in [0.1, 0.15) is 15.4 Å². The summed E-state index contributed by atoms with van der Waals surface area (Å²) in [6.45, 7) is 1.88. The standard InChI is InChI=1S/C14H11N3O2S/c1-7-6-9(8-2-4-16-5-3-8)10-11(15)12(14(18)19)20-13(10)17-7/h2-6H,15H2,1H3,(H,18,19). The van der Waals surface area contributed by atoms with Crippen LogP contribution in [0.3, 0.4) is 0 Å². The van der Waals surface area contributed by atoms with E-state index in [0.29, 0.717) is 10.2 Å². The Kier molecular flexibility index (Phi) is 2.87. The third kappa shape index (κ3) is 1.90. The van der Waals surface area contributed by atoms with Gasteiger partial charge in [-0.05, 0) is 36.2 Å².